The lowest BCUT2D eigenvalue weighted by molar-refractivity contribution is 0.0954. The predicted octanol–water partition coefficient (Wildman–Crippen LogP) is 4.92. The molecule has 0 aliphatic rings. The van der Waals surface area contributed by atoms with Gasteiger partial charge in [-0.05, 0) is 35.9 Å². The first kappa shape index (κ1) is 22.0. The molecule has 6 nitrogen and oxygen atoms in total. The van der Waals surface area contributed by atoms with Crippen LogP contribution in [0.5, 0.6) is 0 Å². The van der Waals surface area contributed by atoms with Gasteiger partial charge in [0.25, 0.3) is 5.91 Å². The van der Waals surface area contributed by atoms with Gasteiger partial charge in [0.1, 0.15) is 0 Å². The van der Waals surface area contributed by atoms with Crippen LogP contribution in [0.4, 0.5) is 0 Å². The largest absolute Gasteiger partial charge is 0.396 e. The number of aromatic nitrogens is 2. The number of nitrogens with one attached hydrogen (secondary N) is 1. The summed E-state index contributed by atoms with van der Waals surface area (Å²) in [5.74, 6) is -0.335. The lowest BCUT2D eigenvalue weighted by Crippen LogP contribution is -2.17. The van der Waals surface area contributed by atoms with E-state index in [0.29, 0.717) is 11.1 Å². The van der Waals surface area contributed by atoms with Crippen LogP contribution >= 0.6 is 11.3 Å². The molecule has 1 atom stereocenters. The molecule has 170 valence electrons. The quantitative estimate of drug-likeness (QED) is 0.331. The van der Waals surface area contributed by atoms with Gasteiger partial charge in [-0.1, -0.05) is 53.8 Å². The number of hydrogen-bond acceptors (Lipinski definition) is 5. The van der Waals surface area contributed by atoms with Crippen molar-refractivity contribution >= 4 is 38.2 Å². The van der Waals surface area contributed by atoms with Gasteiger partial charge in [-0.25, -0.2) is 4.98 Å². The zero-order valence-corrected chi connectivity index (χ0v) is 19.4. The van der Waals surface area contributed by atoms with Crippen molar-refractivity contribution in [1.29, 1.82) is 0 Å². The molecule has 0 bridgehead atoms. The van der Waals surface area contributed by atoms with E-state index in [-0.39, 0.29) is 30.6 Å². The zero-order valence-electron chi connectivity index (χ0n) is 18.6. The monoisotopic (exact) mass is 469 g/mol. The molecule has 0 saturated heterocycles. The minimum Gasteiger partial charge on any atom is -0.396 e. The number of imidazole rings is 1. The Morgan fingerprint density at radius 3 is 2.47 bits per heavy atom. The highest BCUT2D eigenvalue weighted by Gasteiger charge is 2.18. The number of nitrogens with zero attached hydrogens (tertiary/aromatic N) is 2. The number of thiazole rings is 1. The van der Waals surface area contributed by atoms with Gasteiger partial charge < -0.3 is 10.4 Å². The van der Waals surface area contributed by atoms with Crippen LogP contribution in [-0.2, 0) is 0 Å². The number of carbonyl (C=O) groups excluding carboxylic acids is 2. The fourth-order valence-corrected chi connectivity index (χ4v) is 5.15. The third kappa shape index (κ3) is 4.11. The van der Waals surface area contributed by atoms with E-state index in [2.05, 4.69) is 5.32 Å². The first-order valence-electron chi connectivity index (χ1n) is 11.0. The summed E-state index contributed by atoms with van der Waals surface area (Å²) in [4.78, 5) is 30.3. The minimum absolute atomic E-state index is 0.00717. The van der Waals surface area contributed by atoms with Crippen LogP contribution in [0.1, 0.15) is 38.6 Å². The maximum atomic E-state index is 13.0. The Morgan fingerprint density at radius 2 is 1.76 bits per heavy atom. The van der Waals surface area contributed by atoms with Gasteiger partial charge in [-0.15, -0.1) is 0 Å². The van der Waals surface area contributed by atoms with Gasteiger partial charge in [0.05, 0.1) is 22.5 Å². The van der Waals surface area contributed by atoms with E-state index < -0.39 is 0 Å². The normalized spacial score (nSPS) is 12.2. The maximum absolute atomic E-state index is 13.0. The zero-order chi connectivity index (χ0) is 23.7. The van der Waals surface area contributed by atoms with Crippen LogP contribution in [0.15, 0.2) is 79.0 Å². The molecule has 5 aromatic rings. The molecule has 0 saturated carbocycles. The third-order valence-electron chi connectivity index (χ3n) is 6.01. The van der Waals surface area contributed by atoms with E-state index in [9.17, 15) is 14.7 Å². The summed E-state index contributed by atoms with van der Waals surface area (Å²) in [7, 11) is 1.61. The van der Waals surface area contributed by atoms with E-state index in [1.54, 1.807) is 19.2 Å². The lowest BCUT2D eigenvalue weighted by Gasteiger charge is -2.13. The molecule has 0 spiro atoms. The smallest absolute Gasteiger partial charge is 0.251 e. The number of aliphatic hydroxyl groups is 1. The highest BCUT2D eigenvalue weighted by atomic mass is 32.1. The molecule has 0 radical (unpaired) electrons. The van der Waals surface area contributed by atoms with Crippen LogP contribution in [0.25, 0.3) is 26.4 Å². The van der Waals surface area contributed by atoms with E-state index in [1.807, 2.05) is 71.3 Å². The molecule has 0 fully saturated rings. The summed E-state index contributed by atoms with van der Waals surface area (Å²) >= 11 is 1.53. The molecule has 3 aromatic carbocycles. The fourth-order valence-electron chi connectivity index (χ4n) is 4.10. The van der Waals surface area contributed by atoms with Crippen LogP contribution in [0.3, 0.4) is 0 Å². The number of Topliss-reactive ketones (excluding diaryl/α,β-unsaturated/α-hetero) is 1. The summed E-state index contributed by atoms with van der Waals surface area (Å²) in [6.07, 6.45) is 2.23. The SMILES string of the molecule is CNC(=O)c1ccc(-c2cn3c(n2)sc2cc(C(=O)C[C@@H](CO)c4ccccc4)ccc23)cc1. The van der Waals surface area contributed by atoms with Gasteiger partial charge in [-0.3, -0.25) is 14.0 Å². The summed E-state index contributed by atoms with van der Waals surface area (Å²) in [5, 5.41) is 12.4. The van der Waals surface area contributed by atoms with Gasteiger partial charge in [0, 0.05) is 42.3 Å². The lowest BCUT2D eigenvalue weighted by atomic mass is 9.92. The van der Waals surface area contributed by atoms with Crippen molar-refractivity contribution in [2.24, 2.45) is 0 Å². The van der Waals surface area contributed by atoms with Gasteiger partial charge in [0.2, 0.25) is 0 Å². The van der Waals surface area contributed by atoms with Crippen LogP contribution in [0, 0.1) is 0 Å². The Bertz CT molecular complexity index is 1490. The van der Waals surface area contributed by atoms with Crippen LogP contribution in [-0.4, -0.2) is 39.8 Å². The van der Waals surface area contributed by atoms with Crippen molar-refractivity contribution in [3.05, 3.63) is 95.7 Å². The molecule has 2 aromatic heterocycles. The summed E-state index contributed by atoms with van der Waals surface area (Å²) in [6.45, 7) is -0.0717. The summed E-state index contributed by atoms with van der Waals surface area (Å²) < 4.78 is 3.01. The van der Waals surface area contributed by atoms with E-state index in [1.165, 1.54) is 11.3 Å². The molecule has 0 aliphatic carbocycles. The number of ketones is 1. The second-order valence-corrected chi connectivity index (χ2v) is 9.15. The maximum Gasteiger partial charge on any atom is 0.251 e. The molecular formula is C27H23N3O3S. The van der Waals surface area contributed by atoms with E-state index in [0.717, 1.165) is 32.0 Å². The topological polar surface area (TPSA) is 83.7 Å². The van der Waals surface area contributed by atoms with Crippen molar-refractivity contribution in [2.45, 2.75) is 12.3 Å². The average molecular weight is 470 g/mol. The summed E-state index contributed by atoms with van der Waals surface area (Å²) in [6, 6.07) is 22.7. The van der Waals surface area contributed by atoms with Crippen LogP contribution in [0.2, 0.25) is 0 Å². The van der Waals surface area contributed by atoms with Crippen molar-refractivity contribution in [1.82, 2.24) is 14.7 Å². The molecule has 7 heteroatoms. The number of fused-ring (bicyclic) bond motifs is 3. The van der Waals surface area contributed by atoms with Gasteiger partial charge in [-0.2, -0.15) is 0 Å². The highest BCUT2D eigenvalue weighted by molar-refractivity contribution is 7.23. The Morgan fingerprint density at radius 1 is 1.03 bits per heavy atom. The second kappa shape index (κ2) is 9.21. The molecule has 5 rings (SSSR count). The Kier molecular flexibility index (Phi) is 5.96. The van der Waals surface area contributed by atoms with Gasteiger partial charge >= 0.3 is 0 Å². The van der Waals surface area contributed by atoms with Crippen LogP contribution < -0.4 is 5.32 Å². The van der Waals surface area contributed by atoms with Crippen molar-refractivity contribution < 1.29 is 14.7 Å². The number of carbonyl (C=O) groups is 2. The molecule has 2 N–H and O–H groups in total. The first-order chi connectivity index (χ1) is 16.6. The number of amides is 1. The van der Waals surface area contributed by atoms with Crippen molar-refractivity contribution in [3.63, 3.8) is 0 Å². The Labute approximate surface area is 200 Å². The summed E-state index contributed by atoms with van der Waals surface area (Å²) in [5.41, 5.74) is 4.94. The average Bonchev–Trinajstić information content (AvgIpc) is 3.45. The van der Waals surface area contributed by atoms with Gasteiger partial charge in [0.15, 0.2) is 10.7 Å². The third-order valence-corrected chi connectivity index (χ3v) is 7.03. The Balaban J connectivity index is 1.40. The number of aliphatic hydroxyl groups excluding tert-OH is 1. The number of rotatable bonds is 7. The van der Waals surface area contributed by atoms with E-state index >= 15 is 0 Å². The molecule has 2 heterocycles. The number of benzene rings is 3. The molecule has 0 aliphatic heterocycles. The predicted molar refractivity (Wildman–Crippen MR) is 135 cm³/mol. The second-order valence-electron chi connectivity index (χ2n) is 8.14. The molecule has 0 unspecified atom stereocenters. The highest BCUT2D eigenvalue weighted by Crippen LogP contribution is 2.31. The first-order valence-corrected chi connectivity index (χ1v) is 11.8. The molecule has 1 amide bonds. The van der Waals surface area contributed by atoms with E-state index in [4.69, 9.17) is 4.98 Å². The van der Waals surface area contributed by atoms with Crippen molar-refractivity contribution in [3.8, 4) is 11.3 Å². The Hall–Kier alpha value is -3.81. The standard InChI is InChI=1S/C27H23N3O3S/c1-28-26(33)19-9-7-18(8-10-19)22-15-30-23-12-11-20(14-25(23)34-27(30)29-22)24(32)13-21(16-31)17-5-3-2-4-6-17/h2-12,14-15,21,31H,13,16H2,1H3,(H,28,33)/t21-/m0/s1. The fraction of sp³-hybridized carbons (Fsp3) is 0.148. The van der Waals surface area contributed by atoms with Crippen molar-refractivity contribution in [2.75, 3.05) is 13.7 Å². The molecular weight excluding hydrogens is 446 g/mol. The minimum atomic E-state index is -0.220. The molecule has 34 heavy (non-hydrogen) atoms. The number of hydrogen-bond donors (Lipinski definition) is 2.